The van der Waals surface area contributed by atoms with Crippen LogP contribution >= 0.6 is 0 Å². The zero-order valence-corrected chi connectivity index (χ0v) is 41.1. The van der Waals surface area contributed by atoms with Gasteiger partial charge < -0.3 is 82.3 Å². The molecule has 0 bridgehead atoms. The highest BCUT2D eigenvalue weighted by atomic mass is 16.3. The highest BCUT2D eigenvalue weighted by Crippen LogP contribution is 2.28. The maximum Gasteiger partial charge on any atom is 0.248 e. The van der Waals surface area contributed by atoms with E-state index in [4.69, 9.17) is 0 Å². The first kappa shape index (κ1) is 58.6. The number of carbonyl (C=O) groups excluding carboxylic acids is 7. The number of aliphatic hydroxyl groups is 8. The number of aliphatic hydroxyl groups excluding tert-OH is 8. The van der Waals surface area contributed by atoms with E-state index < -0.39 is 152 Å². The minimum Gasteiger partial charge on any atom is -0.508 e. The van der Waals surface area contributed by atoms with Gasteiger partial charge in [-0.25, -0.2) is 0 Å². The van der Waals surface area contributed by atoms with Gasteiger partial charge in [-0.3, -0.25) is 33.6 Å². The summed E-state index contributed by atoms with van der Waals surface area (Å²) in [7, 11) is 0. The molecule has 3 aliphatic heterocycles. The van der Waals surface area contributed by atoms with Gasteiger partial charge in [0.15, 0.2) is 6.23 Å². The number of amides is 7. The summed E-state index contributed by atoms with van der Waals surface area (Å²) in [6.07, 6.45) is -5.17. The second-order valence-corrected chi connectivity index (χ2v) is 19.4. The normalized spacial score (nSPS) is 30.2. The molecule has 1 aromatic carbocycles. The number of benzene rings is 1. The molecule has 3 heterocycles. The Morgan fingerprint density at radius 2 is 1.18 bits per heavy atom. The minimum absolute atomic E-state index is 0.0501. The van der Waals surface area contributed by atoms with Crippen LogP contribution in [0.5, 0.6) is 5.75 Å². The van der Waals surface area contributed by atoms with E-state index in [1.54, 1.807) is 0 Å². The number of hydrogen-bond donors (Lipinski definition) is 14. The van der Waals surface area contributed by atoms with Crippen molar-refractivity contribution >= 4 is 41.4 Å². The lowest BCUT2D eigenvalue weighted by Crippen LogP contribution is -2.64. The minimum atomic E-state index is -2.27. The molecule has 3 aliphatic rings. The van der Waals surface area contributed by atoms with Gasteiger partial charge >= 0.3 is 0 Å². The Balaban J connectivity index is 1.69. The van der Waals surface area contributed by atoms with E-state index in [0.717, 1.165) is 61.5 Å². The fraction of sp³-hybridized carbons (Fsp3) is 0.729. The van der Waals surface area contributed by atoms with Crippen LogP contribution in [0.4, 0.5) is 0 Å². The van der Waals surface area contributed by atoms with Gasteiger partial charge in [-0.2, -0.15) is 0 Å². The predicted molar refractivity (Wildman–Crippen MR) is 253 cm³/mol. The second-order valence-electron chi connectivity index (χ2n) is 19.4. The SMILES string of the molecule is CCCCCCCCCCCCCC(=O)N[C@H]1C[C@@H](O)[C@@H](O)NC(=O)[C@@H]2[C@@H](O)[C@@H](C)CN2C(=O)[C@H]([C@@H](C)O)NC(=O)[C@H]([C@H](O)[C@@H](O)c2ccc(O)cc2)NC(=O)[C@@H]2C[C@@H](O)CN2C(=O)[C@H]([C@@H](C)O)NC1=O. The molecular formula is C48H77N7O16. The molecule has 0 aliphatic carbocycles. The first-order valence-electron chi connectivity index (χ1n) is 24.9. The number of unbranched alkanes of at least 4 members (excludes halogenated alkanes) is 10. The summed E-state index contributed by atoms with van der Waals surface area (Å²) in [6.45, 7) is 4.97. The zero-order chi connectivity index (χ0) is 52.7. The molecule has 71 heavy (non-hydrogen) atoms. The van der Waals surface area contributed by atoms with Crippen molar-refractivity contribution in [2.75, 3.05) is 13.1 Å². The fourth-order valence-electron chi connectivity index (χ4n) is 9.24. The van der Waals surface area contributed by atoms with Crippen LogP contribution in [0.1, 0.15) is 129 Å². The topological polar surface area (TPSA) is 368 Å². The van der Waals surface area contributed by atoms with E-state index in [0.29, 0.717) is 12.8 Å². The fourth-order valence-corrected chi connectivity index (χ4v) is 9.24. The van der Waals surface area contributed by atoms with Crippen LogP contribution < -0.4 is 26.6 Å². The van der Waals surface area contributed by atoms with Gasteiger partial charge in [0.2, 0.25) is 41.4 Å². The quantitative estimate of drug-likeness (QED) is 0.0680. The molecule has 7 amide bonds. The van der Waals surface area contributed by atoms with Crippen molar-refractivity contribution < 1.29 is 79.5 Å². The summed E-state index contributed by atoms with van der Waals surface area (Å²) in [5.74, 6) is -8.92. The Kier molecular flexibility index (Phi) is 22.9. The van der Waals surface area contributed by atoms with Gasteiger partial charge in [-0.1, -0.05) is 90.2 Å². The maximum absolute atomic E-state index is 14.3. The predicted octanol–water partition coefficient (Wildman–Crippen LogP) is -2.44. The molecule has 3 fully saturated rings. The van der Waals surface area contributed by atoms with Gasteiger partial charge in [0.05, 0.1) is 24.4 Å². The Morgan fingerprint density at radius 3 is 1.75 bits per heavy atom. The van der Waals surface area contributed by atoms with Crippen LogP contribution in [0.15, 0.2) is 24.3 Å². The molecule has 0 aromatic heterocycles. The van der Waals surface area contributed by atoms with Crippen molar-refractivity contribution in [2.24, 2.45) is 5.92 Å². The Bertz CT molecular complexity index is 1940. The van der Waals surface area contributed by atoms with E-state index >= 15 is 0 Å². The highest BCUT2D eigenvalue weighted by Gasteiger charge is 2.50. The van der Waals surface area contributed by atoms with Gasteiger partial charge in [-0.15, -0.1) is 0 Å². The van der Waals surface area contributed by atoms with Crippen molar-refractivity contribution in [3.05, 3.63) is 29.8 Å². The number of fused-ring (bicyclic) bond motifs is 2. The number of nitrogens with one attached hydrogen (secondary N) is 5. The van der Waals surface area contributed by atoms with Crippen molar-refractivity contribution in [1.29, 1.82) is 0 Å². The molecule has 3 saturated heterocycles. The molecule has 4 rings (SSSR count). The Labute approximate surface area is 413 Å². The van der Waals surface area contributed by atoms with Crippen LogP contribution in [0.2, 0.25) is 0 Å². The number of aromatic hydroxyl groups is 1. The molecule has 0 saturated carbocycles. The maximum atomic E-state index is 14.3. The molecule has 1 aromatic rings. The third-order valence-electron chi connectivity index (χ3n) is 13.5. The third kappa shape index (κ3) is 16.2. The molecule has 0 unspecified atom stereocenters. The lowest BCUT2D eigenvalue weighted by Gasteiger charge is -2.34. The summed E-state index contributed by atoms with van der Waals surface area (Å²) < 4.78 is 0. The van der Waals surface area contributed by atoms with Crippen molar-refractivity contribution in [2.45, 2.75) is 203 Å². The molecule has 15 atom stereocenters. The number of rotatable bonds is 18. The number of phenols is 1. The second kappa shape index (κ2) is 27.7. The van der Waals surface area contributed by atoms with Crippen LogP contribution in [0, 0.1) is 5.92 Å². The Hall–Kier alpha value is -5.01. The molecule has 0 radical (unpaired) electrons. The number of carbonyl (C=O) groups is 7. The Morgan fingerprint density at radius 1 is 0.662 bits per heavy atom. The van der Waals surface area contributed by atoms with E-state index in [2.05, 4.69) is 33.5 Å². The van der Waals surface area contributed by atoms with E-state index in [-0.39, 0.29) is 24.3 Å². The van der Waals surface area contributed by atoms with Crippen molar-refractivity contribution in [3.63, 3.8) is 0 Å². The summed E-state index contributed by atoms with van der Waals surface area (Å²) >= 11 is 0. The zero-order valence-electron chi connectivity index (χ0n) is 41.1. The van der Waals surface area contributed by atoms with Crippen molar-refractivity contribution in [1.82, 2.24) is 36.4 Å². The lowest BCUT2D eigenvalue weighted by atomic mass is 9.96. The monoisotopic (exact) mass is 1010 g/mol. The summed E-state index contributed by atoms with van der Waals surface area (Å²) in [4.78, 5) is 99.9. The standard InChI is InChI=1S/C48H77N7O16/c1-5-6-7-8-9-10-11-12-13-14-15-16-34(61)49-31-22-33(60)44(67)53-46(69)38-39(62)25(2)23-55(38)48(71)36(27(4)57)51-45(68)37(41(64)40(63)28-17-19-29(58)20-18-28)52-43(66)32-21-30(59)24-54(32)47(70)35(26(3)56)50-42(31)65/h17-20,25-27,30-33,35-41,44,56-60,62-64,67H,5-16,21-24H2,1-4H3,(H,49,61)(H,50,65)(H,51,68)(H,52,66)(H,53,69)/t25-,26+,27+,30+,31-,32-,33+,35-,36-,37-,38-,39-,40-,41-,44+/m0/s1. The molecular weight excluding hydrogens is 931 g/mol. The first-order chi connectivity index (χ1) is 33.6. The smallest absolute Gasteiger partial charge is 0.248 e. The number of phenolic OH excluding ortho intramolecular Hbond substituents is 1. The van der Waals surface area contributed by atoms with Crippen molar-refractivity contribution in [3.8, 4) is 5.75 Å². The molecule has 23 nitrogen and oxygen atoms in total. The lowest BCUT2D eigenvalue weighted by molar-refractivity contribution is -0.148. The number of nitrogens with zero attached hydrogens (tertiary/aromatic N) is 2. The van der Waals surface area contributed by atoms with Gasteiger partial charge in [0, 0.05) is 38.3 Å². The van der Waals surface area contributed by atoms with Crippen LogP contribution in [0.3, 0.4) is 0 Å². The van der Waals surface area contributed by atoms with Gasteiger partial charge in [0.25, 0.3) is 0 Å². The average molecular weight is 1010 g/mol. The molecule has 0 spiro atoms. The average Bonchev–Trinajstić information content (AvgIpc) is 3.87. The van der Waals surface area contributed by atoms with Gasteiger partial charge in [0.1, 0.15) is 60.3 Å². The highest BCUT2D eigenvalue weighted by molar-refractivity contribution is 5.98. The summed E-state index contributed by atoms with van der Waals surface area (Å²) in [6, 6.07) is -6.56. The molecule has 400 valence electrons. The largest absolute Gasteiger partial charge is 0.508 e. The molecule has 14 N–H and O–H groups in total. The van der Waals surface area contributed by atoms with Gasteiger partial charge in [-0.05, 0) is 38.0 Å². The van der Waals surface area contributed by atoms with Crippen LogP contribution in [-0.2, 0) is 33.6 Å². The van der Waals surface area contributed by atoms with Crippen LogP contribution in [-0.4, -0.2) is 189 Å². The van der Waals surface area contributed by atoms with E-state index in [9.17, 15) is 79.5 Å². The van der Waals surface area contributed by atoms with E-state index in [1.807, 2.05) is 0 Å². The third-order valence-corrected chi connectivity index (χ3v) is 13.5. The van der Waals surface area contributed by atoms with Crippen LogP contribution in [0.25, 0.3) is 0 Å². The molecule has 23 heteroatoms. The van der Waals surface area contributed by atoms with E-state index in [1.165, 1.54) is 51.2 Å². The number of hydrogen-bond acceptors (Lipinski definition) is 16. The summed E-state index contributed by atoms with van der Waals surface area (Å²) in [5.41, 5.74) is -0.0590. The first-order valence-corrected chi connectivity index (χ1v) is 24.9. The summed E-state index contributed by atoms with van der Waals surface area (Å²) in [5, 5.41) is 110.